The van der Waals surface area contributed by atoms with E-state index in [0.717, 1.165) is 12.0 Å². The van der Waals surface area contributed by atoms with Gasteiger partial charge in [0.1, 0.15) is 5.82 Å². The topological polar surface area (TPSA) is 71.2 Å². The zero-order valence-electron chi connectivity index (χ0n) is 8.62. The number of nitrogens with two attached hydrogens (primary N) is 1. The van der Waals surface area contributed by atoms with Gasteiger partial charge in [-0.3, -0.25) is 0 Å². The SMILES string of the molecule is CCC(CO)Nc1nccc(C)c1N. The molecule has 1 heterocycles. The lowest BCUT2D eigenvalue weighted by atomic mass is 10.2. The lowest BCUT2D eigenvalue weighted by Gasteiger charge is -2.16. The fraction of sp³-hybridized carbons (Fsp3) is 0.500. The molecule has 14 heavy (non-hydrogen) atoms. The van der Waals surface area contributed by atoms with Crippen LogP contribution in [0.3, 0.4) is 0 Å². The van der Waals surface area contributed by atoms with Crippen LogP contribution in [0.25, 0.3) is 0 Å². The Hall–Kier alpha value is -1.29. The Kier molecular flexibility index (Phi) is 3.71. The number of nitrogen functional groups attached to an aromatic ring is 1. The molecule has 1 rings (SSSR count). The van der Waals surface area contributed by atoms with Gasteiger partial charge >= 0.3 is 0 Å². The van der Waals surface area contributed by atoms with Gasteiger partial charge in [0.25, 0.3) is 0 Å². The van der Waals surface area contributed by atoms with Crippen LogP contribution in [0, 0.1) is 6.92 Å². The van der Waals surface area contributed by atoms with E-state index in [9.17, 15) is 0 Å². The maximum atomic E-state index is 9.02. The van der Waals surface area contributed by atoms with E-state index < -0.39 is 0 Å². The van der Waals surface area contributed by atoms with Crippen molar-refractivity contribution in [2.75, 3.05) is 17.7 Å². The molecule has 4 nitrogen and oxygen atoms in total. The second kappa shape index (κ2) is 4.81. The van der Waals surface area contributed by atoms with E-state index in [4.69, 9.17) is 10.8 Å². The Morgan fingerprint density at radius 2 is 2.36 bits per heavy atom. The predicted octanol–water partition coefficient (Wildman–Crippen LogP) is 1.16. The first-order valence-corrected chi connectivity index (χ1v) is 4.77. The van der Waals surface area contributed by atoms with Crippen LogP contribution in [-0.4, -0.2) is 22.7 Å². The van der Waals surface area contributed by atoms with Crippen LogP contribution in [0.5, 0.6) is 0 Å². The van der Waals surface area contributed by atoms with Crippen molar-refractivity contribution in [3.63, 3.8) is 0 Å². The minimum absolute atomic E-state index is 0.0200. The molecule has 0 spiro atoms. The molecule has 1 unspecified atom stereocenters. The Morgan fingerprint density at radius 3 is 2.93 bits per heavy atom. The molecular formula is C10H17N3O. The van der Waals surface area contributed by atoms with E-state index in [-0.39, 0.29) is 12.6 Å². The van der Waals surface area contributed by atoms with Crippen molar-refractivity contribution in [3.8, 4) is 0 Å². The monoisotopic (exact) mass is 195 g/mol. The van der Waals surface area contributed by atoms with Crippen molar-refractivity contribution in [3.05, 3.63) is 17.8 Å². The third-order valence-corrected chi connectivity index (χ3v) is 2.26. The van der Waals surface area contributed by atoms with Crippen LogP contribution in [0.4, 0.5) is 11.5 Å². The summed E-state index contributed by atoms with van der Waals surface area (Å²) in [5.74, 6) is 0.658. The van der Waals surface area contributed by atoms with Crippen LogP contribution >= 0.6 is 0 Å². The standard InChI is InChI=1S/C10H17N3O/c1-3-8(6-14)13-10-9(11)7(2)4-5-12-10/h4-5,8,14H,3,6,11H2,1-2H3,(H,12,13). The number of aliphatic hydroxyl groups excluding tert-OH is 1. The summed E-state index contributed by atoms with van der Waals surface area (Å²) in [5.41, 5.74) is 7.48. The molecule has 0 aliphatic carbocycles. The molecule has 1 atom stereocenters. The molecule has 0 aliphatic heterocycles. The Balaban J connectivity index is 2.80. The highest BCUT2D eigenvalue weighted by Crippen LogP contribution is 2.19. The molecule has 0 bridgehead atoms. The summed E-state index contributed by atoms with van der Waals surface area (Å²) in [7, 11) is 0. The van der Waals surface area contributed by atoms with E-state index in [2.05, 4.69) is 10.3 Å². The number of nitrogens with zero attached hydrogens (tertiary/aromatic N) is 1. The molecule has 0 amide bonds. The number of aliphatic hydroxyl groups is 1. The van der Waals surface area contributed by atoms with Crippen LogP contribution in [0.1, 0.15) is 18.9 Å². The number of hydrogen-bond donors (Lipinski definition) is 3. The first-order chi connectivity index (χ1) is 6.69. The van der Waals surface area contributed by atoms with E-state index in [0.29, 0.717) is 11.5 Å². The van der Waals surface area contributed by atoms with Gasteiger partial charge in [-0.1, -0.05) is 6.92 Å². The zero-order chi connectivity index (χ0) is 10.6. The van der Waals surface area contributed by atoms with Gasteiger partial charge in [-0.15, -0.1) is 0 Å². The van der Waals surface area contributed by atoms with Gasteiger partial charge in [0.2, 0.25) is 0 Å². The highest BCUT2D eigenvalue weighted by molar-refractivity contribution is 5.65. The summed E-state index contributed by atoms with van der Waals surface area (Å²) >= 11 is 0. The zero-order valence-corrected chi connectivity index (χ0v) is 8.62. The van der Waals surface area contributed by atoms with Gasteiger partial charge in [0, 0.05) is 6.20 Å². The van der Waals surface area contributed by atoms with Crippen LogP contribution in [0.15, 0.2) is 12.3 Å². The number of rotatable bonds is 4. The third-order valence-electron chi connectivity index (χ3n) is 2.26. The Morgan fingerprint density at radius 1 is 1.64 bits per heavy atom. The summed E-state index contributed by atoms with van der Waals surface area (Å²) < 4.78 is 0. The van der Waals surface area contributed by atoms with Crippen LogP contribution in [0.2, 0.25) is 0 Å². The van der Waals surface area contributed by atoms with Crippen molar-refractivity contribution in [1.29, 1.82) is 0 Å². The van der Waals surface area contributed by atoms with Gasteiger partial charge in [-0.05, 0) is 25.0 Å². The maximum Gasteiger partial charge on any atom is 0.149 e. The fourth-order valence-electron chi connectivity index (χ4n) is 1.15. The number of aromatic nitrogens is 1. The van der Waals surface area contributed by atoms with Gasteiger partial charge in [0.05, 0.1) is 18.3 Å². The summed E-state index contributed by atoms with van der Waals surface area (Å²) in [5, 5.41) is 12.1. The molecule has 0 aliphatic rings. The van der Waals surface area contributed by atoms with Crippen molar-refractivity contribution in [2.24, 2.45) is 0 Å². The lowest BCUT2D eigenvalue weighted by Crippen LogP contribution is -2.24. The molecule has 1 aromatic heterocycles. The van der Waals surface area contributed by atoms with E-state index in [1.807, 2.05) is 19.9 Å². The predicted molar refractivity (Wildman–Crippen MR) is 58.2 cm³/mol. The quantitative estimate of drug-likeness (QED) is 0.674. The van der Waals surface area contributed by atoms with Crippen molar-refractivity contribution in [1.82, 2.24) is 4.98 Å². The summed E-state index contributed by atoms with van der Waals surface area (Å²) in [6.07, 6.45) is 2.55. The first-order valence-electron chi connectivity index (χ1n) is 4.77. The molecular weight excluding hydrogens is 178 g/mol. The number of anilines is 2. The number of aryl methyl sites for hydroxylation is 1. The molecule has 4 N–H and O–H groups in total. The minimum Gasteiger partial charge on any atom is -0.396 e. The summed E-state index contributed by atoms with van der Waals surface area (Å²) in [6, 6.07) is 1.88. The molecule has 0 saturated carbocycles. The van der Waals surface area contributed by atoms with Crippen molar-refractivity contribution in [2.45, 2.75) is 26.3 Å². The Labute approximate surface area is 84.2 Å². The fourth-order valence-corrected chi connectivity index (χ4v) is 1.15. The third kappa shape index (κ3) is 2.35. The number of nitrogens with one attached hydrogen (secondary N) is 1. The highest BCUT2D eigenvalue weighted by Gasteiger charge is 2.08. The first kappa shape index (κ1) is 10.8. The summed E-state index contributed by atoms with van der Waals surface area (Å²) in [6.45, 7) is 4.02. The lowest BCUT2D eigenvalue weighted by molar-refractivity contribution is 0.271. The average molecular weight is 195 g/mol. The van der Waals surface area contributed by atoms with E-state index >= 15 is 0 Å². The average Bonchev–Trinajstić information content (AvgIpc) is 2.20. The molecule has 0 fully saturated rings. The van der Waals surface area contributed by atoms with Crippen LogP contribution in [-0.2, 0) is 0 Å². The second-order valence-electron chi connectivity index (χ2n) is 3.32. The molecule has 0 saturated heterocycles. The van der Waals surface area contributed by atoms with Crippen LogP contribution < -0.4 is 11.1 Å². The van der Waals surface area contributed by atoms with Gasteiger partial charge in [-0.2, -0.15) is 0 Å². The van der Waals surface area contributed by atoms with Gasteiger partial charge in [0.15, 0.2) is 0 Å². The van der Waals surface area contributed by atoms with Crippen molar-refractivity contribution >= 4 is 11.5 Å². The molecule has 0 radical (unpaired) electrons. The maximum absolute atomic E-state index is 9.02. The largest absolute Gasteiger partial charge is 0.396 e. The van der Waals surface area contributed by atoms with Gasteiger partial charge < -0.3 is 16.2 Å². The molecule has 4 heteroatoms. The van der Waals surface area contributed by atoms with Crippen molar-refractivity contribution < 1.29 is 5.11 Å². The van der Waals surface area contributed by atoms with E-state index in [1.165, 1.54) is 0 Å². The normalized spacial score (nSPS) is 12.5. The highest BCUT2D eigenvalue weighted by atomic mass is 16.3. The molecule has 0 aromatic carbocycles. The second-order valence-corrected chi connectivity index (χ2v) is 3.32. The number of hydrogen-bond acceptors (Lipinski definition) is 4. The summed E-state index contributed by atoms with van der Waals surface area (Å²) in [4.78, 5) is 4.13. The smallest absolute Gasteiger partial charge is 0.149 e. The van der Waals surface area contributed by atoms with E-state index in [1.54, 1.807) is 6.20 Å². The number of pyridine rings is 1. The molecule has 78 valence electrons. The minimum atomic E-state index is 0.0200. The Bertz CT molecular complexity index is 297. The van der Waals surface area contributed by atoms with Gasteiger partial charge in [-0.25, -0.2) is 4.98 Å². The molecule has 1 aromatic rings.